The molecule has 2 rings (SSSR count). The van der Waals surface area contributed by atoms with Crippen LogP contribution in [0.1, 0.15) is 30.7 Å². The van der Waals surface area contributed by atoms with Gasteiger partial charge in [0.1, 0.15) is 5.76 Å². The molecule has 114 valence electrons. The van der Waals surface area contributed by atoms with Crippen LogP contribution in [0.5, 0.6) is 0 Å². The number of anilines is 1. The van der Waals surface area contributed by atoms with E-state index in [9.17, 15) is 0 Å². The van der Waals surface area contributed by atoms with Gasteiger partial charge >= 0.3 is 0 Å². The lowest BCUT2D eigenvalue weighted by Gasteiger charge is -2.22. The largest absolute Gasteiger partial charge is 0.469 e. The van der Waals surface area contributed by atoms with Crippen LogP contribution in [0.4, 0.5) is 5.69 Å². The van der Waals surface area contributed by atoms with Gasteiger partial charge in [0.15, 0.2) is 0 Å². The van der Waals surface area contributed by atoms with E-state index in [2.05, 4.69) is 55.4 Å². The number of benzene rings is 1. The molecule has 0 fully saturated rings. The number of hydrogen-bond donors (Lipinski definition) is 1. The summed E-state index contributed by atoms with van der Waals surface area (Å²) in [6.45, 7) is 9.28. The van der Waals surface area contributed by atoms with Crippen molar-refractivity contribution in [2.45, 2.75) is 33.9 Å². The van der Waals surface area contributed by atoms with Crippen molar-refractivity contribution in [3.63, 3.8) is 0 Å². The van der Waals surface area contributed by atoms with E-state index in [0.29, 0.717) is 5.92 Å². The number of nitrogens with one attached hydrogen (secondary N) is 1. The number of rotatable bonds is 7. The van der Waals surface area contributed by atoms with Crippen molar-refractivity contribution in [3.8, 4) is 0 Å². The molecular formula is C18H26N2O. The number of hydrogen-bond acceptors (Lipinski definition) is 3. The Morgan fingerprint density at radius 1 is 1.14 bits per heavy atom. The van der Waals surface area contributed by atoms with E-state index in [1.807, 2.05) is 13.0 Å². The molecule has 0 saturated heterocycles. The second-order valence-corrected chi connectivity index (χ2v) is 6.01. The van der Waals surface area contributed by atoms with Crippen molar-refractivity contribution < 1.29 is 4.42 Å². The average Bonchev–Trinajstić information content (AvgIpc) is 2.84. The summed E-state index contributed by atoms with van der Waals surface area (Å²) in [6, 6.07) is 10.6. The third-order valence-corrected chi connectivity index (χ3v) is 3.64. The van der Waals surface area contributed by atoms with E-state index in [1.165, 1.54) is 16.8 Å². The SMILES string of the molecule is Cc1occc1CN(C)c1ccccc1CNCC(C)C. The first-order chi connectivity index (χ1) is 10.1. The zero-order valence-electron chi connectivity index (χ0n) is 13.5. The van der Waals surface area contributed by atoms with Crippen molar-refractivity contribution >= 4 is 5.69 Å². The maximum atomic E-state index is 5.38. The quantitative estimate of drug-likeness (QED) is 0.835. The Bertz CT molecular complexity index is 560. The minimum absolute atomic E-state index is 0.670. The van der Waals surface area contributed by atoms with Crippen molar-refractivity contribution in [1.82, 2.24) is 5.32 Å². The molecule has 0 spiro atoms. The van der Waals surface area contributed by atoms with Crippen LogP contribution >= 0.6 is 0 Å². The van der Waals surface area contributed by atoms with Gasteiger partial charge in [-0.3, -0.25) is 0 Å². The first kappa shape index (κ1) is 15.6. The normalized spacial score (nSPS) is 11.1. The van der Waals surface area contributed by atoms with Crippen molar-refractivity contribution in [2.24, 2.45) is 5.92 Å². The number of para-hydroxylation sites is 1. The Kier molecular flexibility index (Phi) is 5.45. The van der Waals surface area contributed by atoms with Gasteiger partial charge in [-0.2, -0.15) is 0 Å². The van der Waals surface area contributed by atoms with Crippen molar-refractivity contribution in [3.05, 3.63) is 53.5 Å². The number of nitrogens with zero attached hydrogens (tertiary/aromatic N) is 1. The Balaban J connectivity index is 2.06. The molecular weight excluding hydrogens is 260 g/mol. The molecule has 0 aliphatic heterocycles. The second kappa shape index (κ2) is 7.32. The summed E-state index contributed by atoms with van der Waals surface area (Å²) in [5.74, 6) is 1.67. The molecule has 1 N–H and O–H groups in total. The molecule has 0 aliphatic rings. The van der Waals surface area contributed by atoms with Crippen LogP contribution in [0.25, 0.3) is 0 Å². The molecule has 3 nitrogen and oxygen atoms in total. The van der Waals surface area contributed by atoms with Crippen LogP contribution in [0.2, 0.25) is 0 Å². The fourth-order valence-electron chi connectivity index (χ4n) is 2.44. The topological polar surface area (TPSA) is 28.4 Å². The Morgan fingerprint density at radius 2 is 1.90 bits per heavy atom. The van der Waals surface area contributed by atoms with Crippen molar-refractivity contribution in [1.29, 1.82) is 0 Å². The highest BCUT2D eigenvalue weighted by Crippen LogP contribution is 2.22. The molecule has 0 bridgehead atoms. The molecule has 1 heterocycles. The smallest absolute Gasteiger partial charge is 0.105 e. The van der Waals surface area contributed by atoms with Gasteiger partial charge in [0.05, 0.1) is 6.26 Å². The standard InChI is InChI=1S/C18H26N2O/c1-14(2)11-19-12-16-7-5-6-8-18(16)20(4)13-17-9-10-21-15(17)3/h5-10,14,19H,11-13H2,1-4H3. The summed E-state index contributed by atoms with van der Waals surface area (Å²) in [6.07, 6.45) is 1.76. The van der Waals surface area contributed by atoms with Gasteiger partial charge in [0.2, 0.25) is 0 Å². The molecule has 3 heteroatoms. The van der Waals surface area contributed by atoms with E-state index in [4.69, 9.17) is 4.42 Å². The van der Waals surface area contributed by atoms with Crippen LogP contribution in [-0.2, 0) is 13.1 Å². The Labute approximate surface area is 128 Å². The van der Waals surface area contributed by atoms with Gasteiger partial charge in [0, 0.05) is 31.4 Å². The zero-order chi connectivity index (χ0) is 15.2. The minimum Gasteiger partial charge on any atom is -0.469 e. The van der Waals surface area contributed by atoms with Crippen LogP contribution in [-0.4, -0.2) is 13.6 Å². The highest BCUT2D eigenvalue weighted by atomic mass is 16.3. The monoisotopic (exact) mass is 286 g/mol. The molecule has 0 amide bonds. The van der Waals surface area contributed by atoms with Crippen LogP contribution in [0, 0.1) is 12.8 Å². The lowest BCUT2D eigenvalue weighted by Crippen LogP contribution is -2.22. The fourth-order valence-corrected chi connectivity index (χ4v) is 2.44. The van der Waals surface area contributed by atoms with Crippen LogP contribution in [0.3, 0.4) is 0 Å². The molecule has 0 aliphatic carbocycles. The third kappa shape index (κ3) is 4.36. The summed E-state index contributed by atoms with van der Waals surface area (Å²) in [4.78, 5) is 2.28. The number of aryl methyl sites for hydroxylation is 1. The number of furan rings is 1. The maximum Gasteiger partial charge on any atom is 0.105 e. The van der Waals surface area contributed by atoms with Gasteiger partial charge in [0.25, 0.3) is 0 Å². The van der Waals surface area contributed by atoms with E-state index in [-0.39, 0.29) is 0 Å². The first-order valence-electron chi connectivity index (χ1n) is 7.60. The van der Waals surface area contributed by atoms with E-state index in [1.54, 1.807) is 6.26 Å². The predicted octanol–water partition coefficient (Wildman–Crippen LogP) is 3.97. The van der Waals surface area contributed by atoms with Crippen molar-refractivity contribution in [2.75, 3.05) is 18.5 Å². The van der Waals surface area contributed by atoms with E-state index in [0.717, 1.165) is 25.4 Å². The predicted molar refractivity (Wildman–Crippen MR) is 88.5 cm³/mol. The molecule has 0 atom stereocenters. The zero-order valence-corrected chi connectivity index (χ0v) is 13.5. The van der Waals surface area contributed by atoms with Gasteiger partial charge < -0.3 is 14.6 Å². The summed E-state index contributed by atoms with van der Waals surface area (Å²) in [5.41, 5.74) is 3.85. The lowest BCUT2D eigenvalue weighted by molar-refractivity contribution is 0.529. The minimum atomic E-state index is 0.670. The summed E-state index contributed by atoms with van der Waals surface area (Å²) in [7, 11) is 2.13. The van der Waals surface area contributed by atoms with Gasteiger partial charge in [-0.1, -0.05) is 32.0 Å². The lowest BCUT2D eigenvalue weighted by atomic mass is 10.1. The second-order valence-electron chi connectivity index (χ2n) is 6.01. The highest BCUT2D eigenvalue weighted by molar-refractivity contribution is 5.53. The fraction of sp³-hybridized carbons (Fsp3) is 0.444. The summed E-state index contributed by atoms with van der Waals surface area (Å²) < 4.78 is 5.38. The van der Waals surface area contributed by atoms with Gasteiger partial charge in [-0.25, -0.2) is 0 Å². The van der Waals surface area contributed by atoms with Crippen LogP contribution < -0.4 is 10.2 Å². The van der Waals surface area contributed by atoms with Crippen LogP contribution in [0.15, 0.2) is 41.0 Å². The maximum absolute atomic E-state index is 5.38. The molecule has 0 radical (unpaired) electrons. The molecule has 1 aromatic carbocycles. The summed E-state index contributed by atoms with van der Waals surface area (Å²) >= 11 is 0. The van der Waals surface area contributed by atoms with Gasteiger partial charge in [-0.15, -0.1) is 0 Å². The summed E-state index contributed by atoms with van der Waals surface area (Å²) in [5, 5.41) is 3.52. The van der Waals surface area contributed by atoms with E-state index < -0.39 is 0 Å². The van der Waals surface area contributed by atoms with E-state index >= 15 is 0 Å². The molecule has 0 unspecified atom stereocenters. The molecule has 21 heavy (non-hydrogen) atoms. The average molecular weight is 286 g/mol. The molecule has 0 saturated carbocycles. The Morgan fingerprint density at radius 3 is 2.57 bits per heavy atom. The molecule has 1 aromatic heterocycles. The third-order valence-electron chi connectivity index (χ3n) is 3.64. The first-order valence-corrected chi connectivity index (χ1v) is 7.60. The molecule has 2 aromatic rings. The van der Waals surface area contributed by atoms with Gasteiger partial charge in [-0.05, 0) is 37.1 Å². The highest BCUT2D eigenvalue weighted by Gasteiger charge is 2.10. The Hall–Kier alpha value is -1.74.